The first-order valence-corrected chi connectivity index (χ1v) is 10.9. The Kier molecular flexibility index (Phi) is 7.36. The molecule has 3 rings (SSSR count). The number of aliphatic hydroxyl groups excluding tert-OH is 1. The van der Waals surface area contributed by atoms with Gasteiger partial charge in [0.15, 0.2) is 0 Å². The number of benzene rings is 2. The van der Waals surface area contributed by atoms with Crippen LogP contribution in [0.2, 0.25) is 0 Å². The molecule has 1 fully saturated rings. The zero-order chi connectivity index (χ0) is 23.4. The largest absolute Gasteiger partial charge is 0.507 e. The minimum atomic E-state index is -0.660. The second kappa shape index (κ2) is 10.0. The van der Waals surface area contributed by atoms with Crippen molar-refractivity contribution in [3.8, 4) is 5.75 Å². The molecule has 32 heavy (non-hydrogen) atoms. The van der Waals surface area contributed by atoms with Gasteiger partial charge in [-0.05, 0) is 56.8 Å². The van der Waals surface area contributed by atoms with Crippen LogP contribution in [0.4, 0.5) is 0 Å². The Hall–Kier alpha value is -3.12. The van der Waals surface area contributed by atoms with Crippen molar-refractivity contribution in [1.82, 2.24) is 9.80 Å². The molecule has 1 amide bonds. The molecule has 1 aliphatic heterocycles. The molecule has 0 aliphatic carbocycles. The van der Waals surface area contributed by atoms with Crippen molar-refractivity contribution in [3.63, 3.8) is 0 Å². The maximum Gasteiger partial charge on any atom is 0.295 e. The van der Waals surface area contributed by atoms with E-state index in [-0.39, 0.29) is 11.3 Å². The number of carbonyl (C=O) groups excluding carboxylic acids is 2. The van der Waals surface area contributed by atoms with Gasteiger partial charge < -0.3 is 19.6 Å². The molecule has 2 aromatic rings. The molecule has 6 nitrogen and oxygen atoms in total. The Morgan fingerprint density at radius 3 is 2.25 bits per heavy atom. The lowest BCUT2D eigenvalue weighted by atomic mass is 9.94. The molecular weight excluding hydrogens is 404 g/mol. The van der Waals surface area contributed by atoms with Crippen molar-refractivity contribution < 1.29 is 19.4 Å². The molecule has 1 aliphatic rings. The highest BCUT2D eigenvalue weighted by Gasteiger charge is 2.45. The molecule has 1 atom stereocenters. The van der Waals surface area contributed by atoms with Crippen LogP contribution in [-0.4, -0.2) is 60.4 Å². The lowest BCUT2D eigenvalue weighted by Gasteiger charge is -2.26. The highest BCUT2D eigenvalue weighted by atomic mass is 16.5. The summed E-state index contributed by atoms with van der Waals surface area (Å²) in [6.45, 7) is 7.71. The number of likely N-dealkylation sites (N-methyl/N-ethyl adjacent to an activating group) is 1. The number of hydrogen-bond acceptors (Lipinski definition) is 5. The number of Topliss-reactive ketones (excluding diaryl/α,β-unsaturated/α-hetero) is 1. The van der Waals surface area contributed by atoms with E-state index in [1.54, 1.807) is 29.2 Å². The second-order valence-electron chi connectivity index (χ2n) is 8.94. The number of carbonyl (C=O) groups is 2. The van der Waals surface area contributed by atoms with Gasteiger partial charge in [-0.3, -0.25) is 9.59 Å². The lowest BCUT2D eigenvalue weighted by molar-refractivity contribution is -0.140. The first kappa shape index (κ1) is 23.5. The van der Waals surface area contributed by atoms with Crippen LogP contribution in [0.25, 0.3) is 5.76 Å². The number of amides is 1. The summed E-state index contributed by atoms with van der Waals surface area (Å²) in [5.41, 5.74) is 2.47. The molecule has 6 heteroatoms. The van der Waals surface area contributed by atoms with Crippen molar-refractivity contribution in [1.29, 1.82) is 0 Å². The lowest BCUT2D eigenvalue weighted by Crippen LogP contribution is -2.35. The predicted molar refractivity (Wildman–Crippen MR) is 126 cm³/mol. The summed E-state index contributed by atoms with van der Waals surface area (Å²) < 4.78 is 5.71. The van der Waals surface area contributed by atoms with Crippen molar-refractivity contribution in [2.75, 3.05) is 33.8 Å². The molecule has 0 aromatic heterocycles. The Morgan fingerprint density at radius 1 is 1.06 bits per heavy atom. The summed E-state index contributed by atoms with van der Waals surface area (Å²) in [6, 6.07) is 14.0. The van der Waals surface area contributed by atoms with Crippen LogP contribution < -0.4 is 4.74 Å². The molecule has 1 N–H and O–H groups in total. The maximum absolute atomic E-state index is 13.0. The van der Waals surface area contributed by atoms with Crippen LogP contribution in [0.5, 0.6) is 5.75 Å². The Morgan fingerprint density at radius 2 is 1.69 bits per heavy atom. The van der Waals surface area contributed by atoms with Gasteiger partial charge >= 0.3 is 0 Å². The van der Waals surface area contributed by atoms with E-state index in [9.17, 15) is 14.7 Å². The van der Waals surface area contributed by atoms with Gasteiger partial charge in [0.1, 0.15) is 11.5 Å². The molecular formula is C26H32N2O4. The first-order valence-electron chi connectivity index (χ1n) is 10.9. The number of ketones is 1. The summed E-state index contributed by atoms with van der Waals surface area (Å²) in [6.07, 6.45) is 0. The third-order valence-electron chi connectivity index (χ3n) is 5.43. The van der Waals surface area contributed by atoms with Gasteiger partial charge in [-0.15, -0.1) is 0 Å². The Balaban J connectivity index is 2.02. The van der Waals surface area contributed by atoms with Gasteiger partial charge in [-0.25, -0.2) is 0 Å². The molecule has 0 saturated carbocycles. The van der Waals surface area contributed by atoms with E-state index in [1.807, 2.05) is 50.2 Å². The fraction of sp³-hybridized carbons (Fsp3) is 0.385. The van der Waals surface area contributed by atoms with E-state index in [0.29, 0.717) is 36.9 Å². The van der Waals surface area contributed by atoms with Gasteiger partial charge in [0.05, 0.1) is 18.2 Å². The zero-order valence-electron chi connectivity index (χ0n) is 19.5. The topological polar surface area (TPSA) is 70.1 Å². The van der Waals surface area contributed by atoms with Crippen molar-refractivity contribution in [3.05, 3.63) is 70.8 Å². The smallest absolute Gasteiger partial charge is 0.295 e. The van der Waals surface area contributed by atoms with Gasteiger partial charge in [0, 0.05) is 18.7 Å². The number of aliphatic hydroxyl groups is 1. The van der Waals surface area contributed by atoms with Gasteiger partial charge in [-0.1, -0.05) is 43.7 Å². The van der Waals surface area contributed by atoms with Crippen LogP contribution in [0.3, 0.4) is 0 Å². The van der Waals surface area contributed by atoms with E-state index in [4.69, 9.17) is 4.74 Å². The van der Waals surface area contributed by atoms with Gasteiger partial charge in [0.25, 0.3) is 11.7 Å². The number of aryl methyl sites for hydroxylation is 1. The fourth-order valence-corrected chi connectivity index (χ4v) is 3.64. The minimum absolute atomic E-state index is 0.119. The molecule has 0 radical (unpaired) electrons. The summed E-state index contributed by atoms with van der Waals surface area (Å²) >= 11 is 0. The van der Waals surface area contributed by atoms with E-state index >= 15 is 0 Å². The van der Waals surface area contributed by atoms with Gasteiger partial charge in [-0.2, -0.15) is 0 Å². The summed E-state index contributed by atoms with van der Waals surface area (Å²) in [4.78, 5) is 29.4. The maximum atomic E-state index is 13.0. The molecule has 2 aromatic carbocycles. The van der Waals surface area contributed by atoms with E-state index in [1.165, 1.54) is 0 Å². The molecule has 1 heterocycles. The summed E-state index contributed by atoms with van der Waals surface area (Å²) in [5.74, 6) is -0.327. The highest BCUT2D eigenvalue weighted by molar-refractivity contribution is 6.46. The molecule has 170 valence electrons. The molecule has 1 saturated heterocycles. The molecule has 0 bridgehead atoms. The summed E-state index contributed by atoms with van der Waals surface area (Å²) in [7, 11) is 3.83. The number of likely N-dealkylation sites (tertiary alicyclic amines) is 1. The normalized spacial score (nSPS) is 18.1. The first-order chi connectivity index (χ1) is 15.2. The second-order valence-corrected chi connectivity index (χ2v) is 8.94. The number of nitrogens with zero attached hydrogens (tertiary/aromatic N) is 2. The van der Waals surface area contributed by atoms with Crippen LogP contribution in [0.1, 0.15) is 36.6 Å². The average molecular weight is 437 g/mol. The zero-order valence-corrected chi connectivity index (χ0v) is 19.5. The molecule has 0 unspecified atom stereocenters. The number of rotatable bonds is 8. The Bertz CT molecular complexity index is 991. The number of hydrogen-bond donors (Lipinski definition) is 1. The standard InChI is InChI=1S/C26H32N2O4/c1-17(2)16-32-21-12-10-20(11-13-21)24(29)22-23(19-8-6-18(3)7-9-19)28(15-14-27(4)5)26(31)25(22)30/h6-13,17,23,29H,14-16H2,1-5H3/b24-22+/t23-/m1/s1. The van der Waals surface area contributed by atoms with Gasteiger partial charge in [0.2, 0.25) is 0 Å². The SMILES string of the molecule is Cc1ccc([C@@H]2/C(=C(\O)c3ccc(OCC(C)C)cc3)C(=O)C(=O)N2CCN(C)C)cc1. The quantitative estimate of drug-likeness (QED) is 0.385. The monoisotopic (exact) mass is 436 g/mol. The highest BCUT2D eigenvalue weighted by Crippen LogP contribution is 2.39. The van der Waals surface area contributed by atoms with E-state index in [0.717, 1.165) is 11.1 Å². The average Bonchev–Trinajstić information content (AvgIpc) is 3.01. The third kappa shape index (κ3) is 5.19. The fourth-order valence-electron chi connectivity index (χ4n) is 3.64. The van der Waals surface area contributed by atoms with Crippen LogP contribution in [0.15, 0.2) is 54.1 Å². The summed E-state index contributed by atoms with van der Waals surface area (Å²) in [5, 5.41) is 11.1. The predicted octanol–water partition coefficient (Wildman–Crippen LogP) is 4.01. The van der Waals surface area contributed by atoms with E-state index in [2.05, 4.69) is 13.8 Å². The van der Waals surface area contributed by atoms with E-state index < -0.39 is 17.7 Å². The van der Waals surface area contributed by atoms with Crippen molar-refractivity contribution in [2.24, 2.45) is 5.92 Å². The number of ether oxygens (including phenoxy) is 1. The Labute approximate surface area is 190 Å². The van der Waals surface area contributed by atoms with Crippen molar-refractivity contribution >= 4 is 17.4 Å². The van der Waals surface area contributed by atoms with Crippen LogP contribution in [-0.2, 0) is 9.59 Å². The third-order valence-corrected chi connectivity index (χ3v) is 5.43. The van der Waals surface area contributed by atoms with Crippen molar-refractivity contribution in [2.45, 2.75) is 26.8 Å². The van der Waals surface area contributed by atoms with Crippen LogP contribution >= 0.6 is 0 Å². The van der Waals surface area contributed by atoms with Crippen LogP contribution in [0, 0.1) is 12.8 Å². The minimum Gasteiger partial charge on any atom is -0.507 e. The molecule has 0 spiro atoms.